The number of benzene rings is 2. The Balaban J connectivity index is 1.54. The zero-order chi connectivity index (χ0) is 23.2. The fraction of sp³-hybridized carbons (Fsp3) is 0.423. The first kappa shape index (κ1) is 23.0. The van der Waals surface area contributed by atoms with E-state index in [-0.39, 0.29) is 17.2 Å². The Morgan fingerprint density at radius 1 is 1.15 bits per heavy atom. The highest BCUT2D eigenvalue weighted by Crippen LogP contribution is 2.20. The van der Waals surface area contributed by atoms with Gasteiger partial charge in [0.2, 0.25) is 0 Å². The SMILES string of the molecule is CC[C@@H]1CCCCN1CCCNC(=O)c1nn(-c2cccc(OC)c2)c(=O)c2ccccc12. The van der Waals surface area contributed by atoms with Crippen LogP contribution in [-0.2, 0) is 0 Å². The van der Waals surface area contributed by atoms with Crippen molar-refractivity contribution in [2.75, 3.05) is 26.7 Å². The Kier molecular flexibility index (Phi) is 7.40. The van der Waals surface area contributed by atoms with Crippen LogP contribution in [0, 0.1) is 0 Å². The van der Waals surface area contributed by atoms with Gasteiger partial charge in [0.1, 0.15) is 5.75 Å². The Morgan fingerprint density at radius 2 is 1.97 bits per heavy atom. The molecule has 0 unspecified atom stereocenters. The molecular weight excluding hydrogens is 416 g/mol. The summed E-state index contributed by atoms with van der Waals surface area (Å²) in [6, 6.07) is 14.9. The molecule has 1 aliphatic heterocycles. The van der Waals surface area contributed by atoms with E-state index >= 15 is 0 Å². The van der Waals surface area contributed by atoms with Gasteiger partial charge in [-0.25, -0.2) is 0 Å². The van der Waals surface area contributed by atoms with Gasteiger partial charge in [0.25, 0.3) is 11.5 Å². The van der Waals surface area contributed by atoms with Crippen molar-refractivity contribution in [1.29, 1.82) is 0 Å². The van der Waals surface area contributed by atoms with Crippen molar-refractivity contribution in [1.82, 2.24) is 20.0 Å². The number of hydrogen-bond acceptors (Lipinski definition) is 5. The minimum atomic E-state index is -0.272. The summed E-state index contributed by atoms with van der Waals surface area (Å²) >= 11 is 0. The molecule has 2 heterocycles. The molecule has 0 spiro atoms. The maximum absolute atomic E-state index is 13.1. The lowest BCUT2D eigenvalue weighted by Gasteiger charge is -2.35. The number of carbonyl (C=O) groups is 1. The molecule has 7 heteroatoms. The normalized spacial score (nSPS) is 16.6. The Bertz CT molecular complexity index is 1170. The lowest BCUT2D eigenvalue weighted by Crippen LogP contribution is -2.40. The lowest BCUT2D eigenvalue weighted by molar-refractivity contribution is 0.0942. The van der Waals surface area contributed by atoms with Gasteiger partial charge in [0.05, 0.1) is 18.2 Å². The van der Waals surface area contributed by atoms with E-state index in [4.69, 9.17) is 4.74 Å². The van der Waals surface area contributed by atoms with Gasteiger partial charge in [-0.1, -0.05) is 37.6 Å². The zero-order valence-electron chi connectivity index (χ0n) is 19.4. The summed E-state index contributed by atoms with van der Waals surface area (Å²) in [4.78, 5) is 28.8. The summed E-state index contributed by atoms with van der Waals surface area (Å²) in [7, 11) is 1.57. The molecule has 1 saturated heterocycles. The van der Waals surface area contributed by atoms with Crippen LogP contribution in [0.4, 0.5) is 0 Å². The highest BCUT2D eigenvalue weighted by Gasteiger charge is 2.21. The molecule has 0 radical (unpaired) electrons. The molecule has 7 nitrogen and oxygen atoms in total. The molecule has 0 saturated carbocycles. The van der Waals surface area contributed by atoms with Crippen molar-refractivity contribution in [3.8, 4) is 11.4 Å². The third kappa shape index (κ3) is 5.09. The number of rotatable bonds is 8. The first-order chi connectivity index (χ1) is 16.1. The fourth-order valence-corrected chi connectivity index (χ4v) is 4.66. The molecular formula is C26H32N4O3. The summed E-state index contributed by atoms with van der Waals surface area (Å²) in [5.41, 5.74) is 0.526. The van der Waals surface area contributed by atoms with E-state index in [0.29, 0.717) is 34.8 Å². The number of methoxy groups -OCH3 is 1. The number of nitrogens with one attached hydrogen (secondary N) is 1. The lowest BCUT2D eigenvalue weighted by atomic mass is 10.00. The topological polar surface area (TPSA) is 76.5 Å². The molecule has 1 atom stereocenters. The zero-order valence-corrected chi connectivity index (χ0v) is 19.4. The van der Waals surface area contributed by atoms with E-state index in [2.05, 4.69) is 22.2 Å². The molecule has 2 aromatic carbocycles. The van der Waals surface area contributed by atoms with Crippen LogP contribution in [0.5, 0.6) is 5.75 Å². The molecule has 1 aromatic heterocycles. The molecule has 0 bridgehead atoms. The van der Waals surface area contributed by atoms with Crippen molar-refractivity contribution in [3.05, 3.63) is 64.6 Å². The van der Waals surface area contributed by atoms with Gasteiger partial charge < -0.3 is 15.0 Å². The second-order valence-corrected chi connectivity index (χ2v) is 8.52. The minimum absolute atomic E-state index is 0.248. The number of nitrogens with zero attached hydrogens (tertiary/aromatic N) is 3. The number of carbonyl (C=O) groups excluding carboxylic acids is 1. The number of ether oxygens (including phenoxy) is 1. The molecule has 174 valence electrons. The standard InChI is InChI=1S/C26H32N4O3/c1-3-19-10-6-7-16-29(19)17-9-15-27-25(31)24-22-13-4-5-14-23(22)26(32)30(28-24)20-11-8-12-21(18-20)33-2/h4-5,8,11-14,18-19H,3,6-7,9-10,15-17H2,1-2H3,(H,27,31)/t19-/m1/s1. The van der Waals surface area contributed by atoms with Gasteiger partial charge in [0.15, 0.2) is 5.69 Å². The van der Waals surface area contributed by atoms with Gasteiger partial charge in [-0.2, -0.15) is 9.78 Å². The Morgan fingerprint density at radius 3 is 2.76 bits per heavy atom. The van der Waals surface area contributed by atoms with Crippen LogP contribution >= 0.6 is 0 Å². The highest BCUT2D eigenvalue weighted by atomic mass is 16.5. The van der Waals surface area contributed by atoms with Gasteiger partial charge in [-0.15, -0.1) is 0 Å². The maximum Gasteiger partial charge on any atom is 0.279 e. The first-order valence-electron chi connectivity index (χ1n) is 11.8. The monoisotopic (exact) mass is 448 g/mol. The van der Waals surface area contributed by atoms with E-state index in [0.717, 1.165) is 19.5 Å². The fourth-order valence-electron chi connectivity index (χ4n) is 4.66. The predicted octanol–water partition coefficient (Wildman–Crippen LogP) is 3.78. The van der Waals surface area contributed by atoms with Crippen molar-refractivity contribution < 1.29 is 9.53 Å². The van der Waals surface area contributed by atoms with Crippen LogP contribution < -0.4 is 15.6 Å². The molecule has 1 amide bonds. The highest BCUT2D eigenvalue weighted by molar-refractivity contribution is 6.04. The number of hydrogen-bond donors (Lipinski definition) is 1. The van der Waals surface area contributed by atoms with Crippen molar-refractivity contribution in [2.24, 2.45) is 0 Å². The second-order valence-electron chi connectivity index (χ2n) is 8.52. The number of aromatic nitrogens is 2. The van der Waals surface area contributed by atoms with Crippen molar-refractivity contribution in [2.45, 2.75) is 45.1 Å². The summed E-state index contributed by atoms with van der Waals surface area (Å²) in [5.74, 6) is 0.344. The predicted molar refractivity (Wildman–Crippen MR) is 130 cm³/mol. The van der Waals surface area contributed by atoms with E-state index < -0.39 is 0 Å². The Labute approximate surface area is 194 Å². The summed E-state index contributed by atoms with van der Waals surface area (Å²) in [6.45, 7) is 4.94. The minimum Gasteiger partial charge on any atom is -0.497 e. The Hall–Kier alpha value is -3.19. The number of likely N-dealkylation sites (tertiary alicyclic amines) is 1. The molecule has 33 heavy (non-hydrogen) atoms. The van der Waals surface area contributed by atoms with Crippen LogP contribution in [0.15, 0.2) is 53.3 Å². The molecule has 0 aliphatic carbocycles. The van der Waals surface area contributed by atoms with Gasteiger partial charge in [-0.3, -0.25) is 9.59 Å². The van der Waals surface area contributed by atoms with Gasteiger partial charge in [-0.05, 0) is 50.4 Å². The van der Waals surface area contributed by atoms with E-state index in [1.54, 1.807) is 49.6 Å². The molecule has 4 rings (SSSR count). The van der Waals surface area contributed by atoms with Crippen LogP contribution in [0.3, 0.4) is 0 Å². The summed E-state index contributed by atoms with van der Waals surface area (Å²) < 4.78 is 6.56. The average Bonchev–Trinajstić information content (AvgIpc) is 2.87. The van der Waals surface area contributed by atoms with Crippen LogP contribution in [0.1, 0.15) is 49.5 Å². The first-order valence-corrected chi connectivity index (χ1v) is 11.8. The number of fused-ring (bicyclic) bond motifs is 1. The summed E-state index contributed by atoms with van der Waals surface area (Å²) in [6.07, 6.45) is 5.90. The second kappa shape index (κ2) is 10.6. The van der Waals surface area contributed by atoms with Gasteiger partial charge in [0, 0.05) is 30.6 Å². The molecule has 1 fully saturated rings. The average molecular weight is 449 g/mol. The smallest absolute Gasteiger partial charge is 0.279 e. The van der Waals surface area contributed by atoms with Crippen molar-refractivity contribution >= 4 is 16.7 Å². The van der Waals surface area contributed by atoms with E-state index in [9.17, 15) is 9.59 Å². The van der Waals surface area contributed by atoms with Crippen LogP contribution in [0.2, 0.25) is 0 Å². The van der Waals surface area contributed by atoms with Gasteiger partial charge >= 0.3 is 0 Å². The molecule has 1 N–H and O–H groups in total. The summed E-state index contributed by atoms with van der Waals surface area (Å²) in [5, 5.41) is 8.50. The van der Waals surface area contributed by atoms with E-state index in [1.807, 2.05) is 6.07 Å². The molecule has 3 aromatic rings. The third-order valence-corrected chi connectivity index (χ3v) is 6.45. The largest absolute Gasteiger partial charge is 0.497 e. The maximum atomic E-state index is 13.1. The molecule has 1 aliphatic rings. The van der Waals surface area contributed by atoms with E-state index in [1.165, 1.54) is 30.4 Å². The van der Waals surface area contributed by atoms with Crippen LogP contribution in [-0.4, -0.2) is 53.4 Å². The van der Waals surface area contributed by atoms with Crippen molar-refractivity contribution in [3.63, 3.8) is 0 Å². The third-order valence-electron chi connectivity index (χ3n) is 6.45. The number of piperidine rings is 1. The number of amides is 1. The van der Waals surface area contributed by atoms with Crippen LogP contribution in [0.25, 0.3) is 16.5 Å². The quantitative estimate of drug-likeness (QED) is 0.531.